The molecular weight excluding hydrogens is 157 g/mol. The Kier molecular flexibility index (Phi) is 11.1. The monoisotopic (exact) mass is 160 g/mol. The lowest BCUT2D eigenvalue weighted by molar-refractivity contribution is 1.37. The molecule has 0 aliphatic heterocycles. The molecule has 6 heavy (non-hydrogen) atoms. The molecule has 0 rings (SSSR count). The lowest BCUT2D eigenvalue weighted by Gasteiger charge is -1.85. The Hall–Kier alpha value is 1.40. The Bertz CT molecular complexity index is 22.8. The fraction of sp³-hybridized carbons (Fsp3) is 1.00. The van der Waals surface area contributed by atoms with Gasteiger partial charge in [-0.2, -0.15) is 0 Å². The Balaban J connectivity index is 0. The van der Waals surface area contributed by atoms with Crippen molar-refractivity contribution >= 4 is 51.9 Å². The predicted octanol–water partition coefficient (Wildman–Crippen LogP) is 1.80. The summed E-state index contributed by atoms with van der Waals surface area (Å²) in [6, 6.07) is 0. The van der Waals surface area contributed by atoms with E-state index in [4.69, 9.17) is 23.2 Å². The molecule has 0 unspecified atom stereocenters. The molecule has 36 valence electrons. The molecule has 0 atom stereocenters. The number of alkyl halides is 2. The molecule has 0 aromatic heterocycles. The summed E-state index contributed by atoms with van der Waals surface area (Å²) in [5.41, 5.74) is 0. The maximum atomic E-state index is 5.21. The van der Waals surface area contributed by atoms with E-state index in [9.17, 15) is 0 Å². The molecule has 0 saturated carbocycles. The van der Waals surface area contributed by atoms with Crippen LogP contribution in [0, 0.1) is 0 Å². The fourth-order valence-corrected chi connectivity index (χ4v) is 0. The minimum absolute atomic E-state index is 0. The van der Waals surface area contributed by atoms with Gasteiger partial charge in [-0.3, -0.25) is 0 Å². The highest BCUT2D eigenvalue weighted by molar-refractivity contribution is 6.46. The highest BCUT2D eigenvalue weighted by atomic mass is 35.5. The smallest absolute Gasteiger partial charge is 0.122 e. The van der Waals surface area contributed by atoms with Crippen LogP contribution >= 0.6 is 35.6 Å². The van der Waals surface area contributed by atoms with Gasteiger partial charge in [0.2, 0.25) is 0 Å². The van der Waals surface area contributed by atoms with Crippen LogP contribution in [0.15, 0.2) is 0 Å². The van der Waals surface area contributed by atoms with Gasteiger partial charge in [-0.05, 0) is 0 Å². The van der Waals surface area contributed by atoms with Crippen molar-refractivity contribution in [2.75, 3.05) is 0 Å². The average molecular weight is 161 g/mol. The van der Waals surface area contributed by atoms with Crippen molar-refractivity contribution < 1.29 is 0 Å². The third-order valence-electron chi connectivity index (χ3n) is 0.178. The third kappa shape index (κ3) is 9.04. The minimum atomic E-state index is -0.208. The summed E-state index contributed by atoms with van der Waals surface area (Å²) < 4.78 is 0. The zero-order valence-corrected chi connectivity index (χ0v) is 6.51. The molecule has 0 nitrogen and oxygen atoms in total. The van der Waals surface area contributed by atoms with Crippen molar-refractivity contribution in [2.45, 2.75) is 10.1 Å². The minimum Gasteiger partial charge on any atom is -0.147 e. The molecule has 0 aliphatic carbocycles. The zero-order chi connectivity index (χ0) is 4.28. The van der Waals surface area contributed by atoms with Gasteiger partial charge >= 0.3 is 0 Å². The molecule has 0 aromatic rings. The van der Waals surface area contributed by atoms with Crippen LogP contribution in [-0.2, 0) is 0 Å². The lowest BCUT2D eigenvalue weighted by atomic mass is 10.9. The molecule has 2 radical (unpaired) electrons. The maximum Gasteiger partial charge on any atom is 0.122 e. The average Bonchev–Trinajstić information content (AvgIpc) is 1.38. The van der Waals surface area contributed by atoms with Gasteiger partial charge in [0.25, 0.3) is 0 Å². The molecule has 0 aliphatic rings. The molecule has 0 bridgehead atoms. The van der Waals surface area contributed by atoms with E-state index in [1.807, 2.05) is 0 Å². The number of halogens is 3. The quantitative estimate of drug-likeness (QED) is 0.406. The maximum absolute atomic E-state index is 5.21. The van der Waals surface area contributed by atoms with Crippen LogP contribution in [0.4, 0.5) is 0 Å². The van der Waals surface area contributed by atoms with E-state index in [-0.39, 0.29) is 17.2 Å². The number of hydrogen-bond donors (Lipinski definition) is 0. The van der Waals surface area contributed by atoms with Crippen LogP contribution in [0.2, 0.25) is 5.28 Å². The van der Waals surface area contributed by atoms with Gasteiger partial charge in [0.05, 0.1) is 4.84 Å². The van der Waals surface area contributed by atoms with Gasteiger partial charge in [0.15, 0.2) is 0 Å². The molecule has 0 amide bonds. The lowest BCUT2D eigenvalue weighted by Crippen LogP contribution is -1.79. The summed E-state index contributed by atoms with van der Waals surface area (Å²) in [5.74, 6) is 0. The molecule has 0 fully saturated rings. The standard InChI is InChI=1S/C2H3Cl2.Al.ClH/c1-2(3)4;;/h2H,1H2;;1H. The first-order chi connectivity index (χ1) is 2.27. The van der Waals surface area contributed by atoms with Gasteiger partial charge in [-0.15, -0.1) is 35.6 Å². The Morgan fingerprint density at radius 1 is 1.50 bits per heavy atom. The highest BCUT2D eigenvalue weighted by Crippen LogP contribution is 2.02. The number of rotatable bonds is 1. The van der Waals surface area contributed by atoms with Crippen molar-refractivity contribution in [2.24, 2.45) is 0 Å². The van der Waals surface area contributed by atoms with E-state index in [0.29, 0.717) is 0 Å². The van der Waals surface area contributed by atoms with Crippen LogP contribution in [0.5, 0.6) is 0 Å². The van der Waals surface area contributed by atoms with Crippen LogP contribution in [0.25, 0.3) is 0 Å². The van der Waals surface area contributed by atoms with Crippen molar-refractivity contribution in [1.29, 1.82) is 0 Å². The summed E-state index contributed by atoms with van der Waals surface area (Å²) in [6.45, 7) is 0. The second kappa shape index (κ2) is 6.40. The predicted molar refractivity (Wildman–Crippen MR) is 33.3 cm³/mol. The van der Waals surface area contributed by atoms with E-state index >= 15 is 0 Å². The summed E-state index contributed by atoms with van der Waals surface area (Å²) in [6.07, 6.45) is 0. The fourth-order valence-electron chi connectivity index (χ4n) is 0. The highest BCUT2D eigenvalue weighted by Gasteiger charge is 1.85. The summed E-state index contributed by atoms with van der Waals surface area (Å²) in [7, 11) is 0. The van der Waals surface area contributed by atoms with Crippen molar-refractivity contribution in [3.63, 3.8) is 0 Å². The first kappa shape index (κ1) is 10.4. The second-order valence-corrected chi connectivity index (χ2v) is 2.38. The van der Waals surface area contributed by atoms with Gasteiger partial charge in [-0.25, -0.2) is 0 Å². The van der Waals surface area contributed by atoms with E-state index in [0.717, 1.165) is 5.28 Å². The van der Waals surface area contributed by atoms with Crippen LogP contribution in [0.1, 0.15) is 0 Å². The molecule has 4 heteroatoms. The van der Waals surface area contributed by atoms with Crippen molar-refractivity contribution in [3.05, 3.63) is 0 Å². The van der Waals surface area contributed by atoms with Gasteiger partial charge in [-0.1, -0.05) is 5.28 Å². The van der Waals surface area contributed by atoms with E-state index in [1.165, 1.54) is 0 Å². The van der Waals surface area contributed by atoms with E-state index < -0.39 is 0 Å². The molecule has 0 heterocycles. The molecule has 0 aromatic carbocycles. The molecule has 0 N–H and O–H groups in total. The normalized spacial score (nSPS) is 7.83. The molecule has 0 spiro atoms. The van der Waals surface area contributed by atoms with Crippen LogP contribution in [0.3, 0.4) is 0 Å². The Morgan fingerprint density at radius 2 is 1.67 bits per heavy atom. The van der Waals surface area contributed by atoms with Gasteiger partial charge in [0, 0.05) is 0 Å². The summed E-state index contributed by atoms with van der Waals surface area (Å²) in [4.78, 5) is -0.208. The first-order valence-corrected chi connectivity index (χ1v) is 2.94. The number of hydrogen-bond acceptors (Lipinski definition) is 0. The molecule has 0 saturated heterocycles. The third-order valence-corrected chi connectivity index (χ3v) is 1.60. The SMILES string of the molecule is Cl.[Al][CH2]C(Cl)Cl. The van der Waals surface area contributed by atoms with E-state index in [1.54, 1.807) is 0 Å². The van der Waals surface area contributed by atoms with Crippen molar-refractivity contribution in [1.82, 2.24) is 0 Å². The summed E-state index contributed by atoms with van der Waals surface area (Å²) >= 11 is 12.8. The first-order valence-electron chi connectivity index (χ1n) is 1.25. The topological polar surface area (TPSA) is 0 Å². The Labute approximate surface area is 62.0 Å². The largest absolute Gasteiger partial charge is 0.147 e. The zero-order valence-electron chi connectivity index (χ0n) is 3.03. The molecular formula is C2H4AlCl3. The Morgan fingerprint density at radius 3 is 1.67 bits per heavy atom. The van der Waals surface area contributed by atoms with Gasteiger partial charge in [0.1, 0.15) is 16.3 Å². The van der Waals surface area contributed by atoms with Crippen LogP contribution < -0.4 is 0 Å². The second-order valence-electron chi connectivity index (χ2n) is 0.627. The van der Waals surface area contributed by atoms with Gasteiger partial charge < -0.3 is 0 Å². The van der Waals surface area contributed by atoms with E-state index in [2.05, 4.69) is 16.3 Å². The van der Waals surface area contributed by atoms with Crippen LogP contribution in [-0.4, -0.2) is 21.1 Å². The van der Waals surface area contributed by atoms with Crippen molar-refractivity contribution in [3.8, 4) is 0 Å². The summed E-state index contributed by atoms with van der Waals surface area (Å²) in [5, 5.41) is 0.753.